The summed E-state index contributed by atoms with van der Waals surface area (Å²) in [5.41, 5.74) is 2.71. The van der Waals surface area contributed by atoms with Gasteiger partial charge >= 0.3 is 0 Å². The number of rotatable bonds is 6. The van der Waals surface area contributed by atoms with Gasteiger partial charge in [0.15, 0.2) is 0 Å². The summed E-state index contributed by atoms with van der Waals surface area (Å²) in [5, 5.41) is 0. The van der Waals surface area contributed by atoms with Crippen LogP contribution in [0.1, 0.15) is 17.5 Å². The molecule has 2 saturated heterocycles. The monoisotopic (exact) mass is 380 g/mol. The average Bonchev–Trinajstić information content (AvgIpc) is 3.19. The molecule has 0 N–H and O–H groups in total. The Kier molecular flexibility index (Phi) is 6.13. The summed E-state index contributed by atoms with van der Waals surface area (Å²) in [6.07, 6.45) is 4.43. The minimum Gasteiger partial charge on any atom is -0.497 e. The van der Waals surface area contributed by atoms with Gasteiger partial charge in [-0.1, -0.05) is 18.2 Å². The predicted molar refractivity (Wildman–Crippen MR) is 114 cm³/mol. The Hall–Kier alpha value is -2.11. The lowest BCUT2D eigenvalue weighted by atomic mass is 9.99. The second-order valence-electron chi connectivity index (χ2n) is 8.26. The number of aromatic nitrogens is 1. The van der Waals surface area contributed by atoms with Crippen molar-refractivity contribution >= 4 is 5.82 Å². The molecule has 0 aliphatic carbocycles. The van der Waals surface area contributed by atoms with Crippen molar-refractivity contribution in [1.29, 1.82) is 0 Å². The first kappa shape index (κ1) is 19.2. The zero-order chi connectivity index (χ0) is 19.3. The van der Waals surface area contributed by atoms with E-state index in [1.807, 2.05) is 0 Å². The van der Waals surface area contributed by atoms with Crippen molar-refractivity contribution in [3.63, 3.8) is 0 Å². The molecule has 0 saturated carbocycles. The molecule has 150 valence electrons. The lowest BCUT2D eigenvalue weighted by molar-refractivity contribution is 0.148. The zero-order valence-electron chi connectivity index (χ0n) is 17.2. The lowest BCUT2D eigenvalue weighted by Gasteiger charge is -2.32. The number of methoxy groups -OCH3 is 1. The molecule has 1 aromatic carbocycles. The average molecular weight is 381 g/mol. The highest BCUT2D eigenvalue weighted by Crippen LogP contribution is 2.26. The van der Waals surface area contributed by atoms with Crippen LogP contribution in [-0.2, 0) is 13.0 Å². The smallest absolute Gasteiger partial charge is 0.128 e. The van der Waals surface area contributed by atoms with Gasteiger partial charge in [0.1, 0.15) is 11.6 Å². The summed E-state index contributed by atoms with van der Waals surface area (Å²) in [5.74, 6) is 2.75. The quantitative estimate of drug-likeness (QED) is 0.769. The van der Waals surface area contributed by atoms with E-state index in [0.717, 1.165) is 63.8 Å². The van der Waals surface area contributed by atoms with E-state index in [4.69, 9.17) is 9.72 Å². The van der Waals surface area contributed by atoms with E-state index in [1.54, 1.807) is 7.11 Å². The molecule has 1 unspecified atom stereocenters. The van der Waals surface area contributed by atoms with Gasteiger partial charge in [0.25, 0.3) is 0 Å². The van der Waals surface area contributed by atoms with Crippen LogP contribution in [0, 0.1) is 5.92 Å². The summed E-state index contributed by atoms with van der Waals surface area (Å²) in [6, 6.07) is 13.0. The number of pyridine rings is 1. The normalized spacial score (nSPS) is 21.2. The Balaban J connectivity index is 1.28. The van der Waals surface area contributed by atoms with Gasteiger partial charge in [-0.2, -0.15) is 0 Å². The number of likely N-dealkylation sites (N-methyl/N-ethyl adjacent to an activating group) is 1. The van der Waals surface area contributed by atoms with Crippen LogP contribution in [0.3, 0.4) is 0 Å². The van der Waals surface area contributed by atoms with Crippen molar-refractivity contribution in [2.45, 2.75) is 19.4 Å². The summed E-state index contributed by atoms with van der Waals surface area (Å²) < 4.78 is 5.25. The fourth-order valence-electron chi connectivity index (χ4n) is 4.26. The molecule has 1 atom stereocenters. The SMILES string of the molecule is COc1ccc(CC2CCN(c3ccc(CN4CCN(C)CC4)cn3)C2)cc1. The Labute approximate surface area is 168 Å². The first-order chi connectivity index (χ1) is 13.7. The number of piperazine rings is 1. The molecule has 4 rings (SSSR count). The topological polar surface area (TPSA) is 31.8 Å². The minimum atomic E-state index is 0.695. The van der Waals surface area contributed by atoms with Crippen LogP contribution in [0.15, 0.2) is 42.6 Å². The van der Waals surface area contributed by atoms with Gasteiger partial charge in [0.05, 0.1) is 7.11 Å². The lowest BCUT2D eigenvalue weighted by Crippen LogP contribution is -2.43. The van der Waals surface area contributed by atoms with E-state index >= 15 is 0 Å². The Bertz CT molecular complexity index is 738. The first-order valence-corrected chi connectivity index (χ1v) is 10.4. The Morgan fingerprint density at radius 2 is 1.71 bits per heavy atom. The van der Waals surface area contributed by atoms with E-state index in [1.165, 1.54) is 17.5 Å². The largest absolute Gasteiger partial charge is 0.497 e. The summed E-state index contributed by atoms with van der Waals surface area (Å²) >= 11 is 0. The molecule has 28 heavy (non-hydrogen) atoms. The summed E-state index contributed by atoms with van der Waals surface area (Å²) in [4.78, 5) is 12.1. The van der Waals surface area contributed by atoms with Crippen molar-refractivity contribution in [3.8, 4) is 5.75 Å². The molecule has 0 radical (unpaired) electrons. The van der Waals surface area contributed by atoms with Crippen molar-refractivity contribution in [1.82, 2.24) is 14.8 Å². The van der Waals surface area contributed by atoms with Crippen molar-refractivity contribution in [2.24, 2.45) is 5.92 Å². The third-order valence-electron chi connectivity index (χ3n) is 6.10. The minimum absolute atomic E-state index is 0.695. The van der Waals surface area contributed by atoms with Gasteiger partial charge in [-0.3, -0.25) is 4.90 Å². The van der Waals surface area contributed by atoms with E-state index in [0.29, 0.717) is 5.92 Å². The van der Waals surface area contributed by atoms with Crippen LogP contribution in [-0.4, -0.2) is 68.2 Å². The summed E-state index contributed by atoms with van der Waals surface area (Å²) in [7, 11) is 3.92. The molecule has 3 heterocycles. The molecule has 0 bridgehead atoms. The number of nitrogens with zero attached hydrogens (tertiary/aromatic N) is 4. The fourth-order valence-corrected chi connectivity index (χ4v) is 4.26. The van der Waals surface area contributed by atoms with Crippen molar-refractivity contribution in [3.05, 3.63) is 53.7 Å². The van der Waals surface area contributed by atoms with Crippen LogP contribution in [0.5, 0.6) is 5.75 Å². The maximum Gasteiger partial charge on any atom is 0.128 e. The van der Waals surface area contributed by atoms with E-state index in [2.05, 4.69) is 64.3 Å². The standard InChI is InChI=1S/C23H32N4O/c1-25-11-13-26(14-12-25)17-21-5-8-23(24-16-21)27-10-9-20(18-27)15-19-3-6-22(28-2)7-4-19/h3-8,16,20H,9-15,17-18H2,1-2H3. The Morgan fingerprint density at radius 3 is 2.39 bits per heavy atom. The van der Waals surface area contributed by atoms with Crippen LogP contribution in [0.2, 0.25) is 0 Å². The predicted octanol–water partition coefficient (Wildman–Crippen LogP) is 2.91. The zero-order valence-corrected chi connectivity index (χ0v) is 17.2. The fraction of sp³-hybridized carbons (Fsp3) is 0.522. The van der Waals surface area contributed by atoms with Gasteiger partial charge in [-0.05, 0) is 55.1 Å². The third kappa shape index (κ3) is 4.83. The van der Waals surface area contributed by atoms with Gasteiger partial charge < -0.3 is 14.5 Å². The van der Waals surface area contributed by atoms with E-state index < -0.39 is 0 Å². The van der Waals surface area contributed by atoms with E-state index in [-0.39, 0.29) is 0 Å². The Morgan fingerprint density at radius 1 is 0.964 bits per heavy atom. The second kappa shape index (κ2) is 8.93. The van der Waals surface area contributed by atoms with Crippen LogP contribution in [0.4, 0.5) is 5.82 Å². The highest BCUT2D eigenvalue weighted by Gasteiger charge is 2.23. The molecule has 1 aromatic heterocycles. The number of hydrogen-bond donors (Lipinski definition) is 0. The maximum atomic E-state index is 5.25. The van der Waals surface area contributed by atoms with Crippen molar-refractivity contribution < 1.29 is 4.74 Å². The molecule has 5 heteroatoms. The highest BCUT2D eigenvalue weighted by molar-refractivity contribution is 5.41. The third-order valence-corrected chi connectivity index (χ3v) is 6.10. The van der Waals surface area contributed by atoms with Crippen LogP contribution in [0.25, 0.3) is 0 Å². The number of benzene rings is 1. The van der Waals surface area contributed by atoms with Crippen LogP contribution >= 0.6 is 0 Å². The van der Waals surface area contributed by atoms with E-state index in [9.17, 15) is 0 Å². The van der Waals surface area contributed by atoms with Gasteiger partial charge in [0, 0.05) is 52.0 Å². The molecule has 0 spiro atoms. The number of anilines is 1. The maximum absolute atomic E-state index is 5.25. The molecular formula is C23H32N4O. The molecular weight excluding hydrogens is 348 g/mol. The summed E-state index contributed by atoms with van der Waals surface area (Å²) in [6.45, 7) is 7.84. The number of ether oxygens (including phenoxy) is 1. The van der Waals surface area contributed by atoms with Gasteiger partial charge in [0.2, 0.25) is 0 Å². The second-order valence-corrected chi connectivity index (χ2v) is 8.26. The molecule has 2 aromatic rings. The van der Waals surface area contributed by atoms with Crippen LogP contribution < -0.4 is 9.64 Å². The molecule has 2 fully saturated rings. The molecule has 5 nitrogen and oxygen atoms in total. The highest BCUT2D eigenvalue weighted by atomic mass is 16.5. The van der Waals surface area contributed by atoms with Gasteiger partial charge in [-0.15, -0.1) is 0 Å². The molecule has 2 aliphatic heterocycles. The van der Waals surface area contributed by atoms with Gasteiger partial charge in [-0.25, -0.2) is 4.98 Å². The molecule has 0 amide bonds. The number of hydrogen-bond acceptors (Lipinski definition) is 5. The first-order valence-electron chi connectivity index (χ1n) is 10.4. The van der Waals surface area contributed by atoms with Crippen molar-refractivity contribution in [2.75, 3.05) is 58.3 Å². The molecule has 2 aliphatic rings.